The first-order valence-electron chi connectivity index (χ1n) is 12.4. The van der Waals surface area contributed by atoms with Crippen molar-refractivity contribution in [1.29, 1.82) is 0 Å². The number of β-lactam (4-membered cyclic amide) rings is 1. The quantitative estimate of drug-likeness (QED) is 0.174. The maximum atomic E-state index is 13.3. The molecule has 1 saturated heterocycles. The predicted molar refractivity (Wildman–Crippen MR) is 149 cm³/mol. The molecule has 3 N–H and O–H groups in total. The summed E-state index contributed by atoms with van der Waals surface area (Å²) in [6.45, 7) is 0. The number of halogens is 1. The van der Waals surface area contributed by atoms with E-state index in [0.29, 0.717) is 40.2 Å². The van der Waals surface area contributed by atoms with Crippen LogP contribution >= 0.6 is 11.6 Å². The molecule has 0 spiro atoms. The molecule has 9 heteroatoms. The Kier molecular flexibility index (Phi) is 7.46. The number of amides is 1. The lowest BCUT2D eigenvalue weighted by Crippen LogP contribution is -2.55. The fraction of sp³-hybridized carbons (Fsp3) is 0.167. The van der Waals surface area contributed by atoms with E-state index in [1.807, 2.05) is 30.3 Å². The molecule has 0 saturated carbocycles. The number of para-hydroxylation sites is 1. The summed E-state index contributed by atoms with van der Waals surface area (Å²) >= 11 is 5.96. The number of aliphatic hydroxyl groups is 1. The molecule has 4 aromatic rings. The third kappa shape index (κ3) is 5.55. The molecule has 0 aromatic heterocycles. The lowest BCUT2D eigenvalue weighted by molar-refractivity contribution is -0.131. The Morgan fingerprint density at radius 3 is 2.13 bits per heavy atom. The first-order chi connectivity index (χ1) is 18.6. The van der Waals surface area contributed by atoms with E-state index in [9.17, 15) is 28.0 Å². The normalized spacial score (nSPS) is 18.0. The van der Waals surface area contributed by atoms with E-state index in [1.165, 1.54) is 12.1 Å². The second kappa shape index (κ2) is 10.8. The molecule has 3 atom stereocenters. The van der Waals surface area contributed by atoms with Gasteiger partial charge in [0.25, 0.3) is 10.1 Å². The molecule has 1 aliphatic heterocycles. The number of anilines is 1. The lowest BCUT2D eigenvalue weighted by atomic mass is 9.77. The highest BCUT2D eigenvalue weighted by Gasteiger charge is 2.49. The molecule has 5 rings (SSSR count). The van der Waals surface area contributed by atoms with E-state index in [1.54, 1.807) is 59.5 Å². The van der Waals surface area contributed by atoms with Crippen LogP contribution in [-0.2, 0) is 14.9 Å². The zero-order chi connectivity index (χ0) is 27.7. The molecule has 0 radical (unpaired) electrons. The number of aliphatic hydroxyl groups excluding tert-OH is 1. The number of aromatic hydroxyl groups is 1. The first kappa shape index (κ1) is 26.9. The smallest absolute Gasteiger partial charge is 0.294 e. The molecule has 0 aliphatic carbocycles. The monoisotopic (exact) mass is 563 g/mol. The Hall–Kier alpha value is -3.69. The summed E-state index contributed by atoms with van der Waals surface area (Å²) in [4.78, 5) is 14.8. The fourth-order valence-electron chi connectivity index (χ4n) is 5.04. The van der Waals surface area contributed by atoms with Gasteiger partial charge in [0.15, 0.2) is 0 Å². The summed E-state index contributed by atoms with van der Waals surface area (Å²) in [5.74, 6) is -0.537. The van der Waals surface area contributed by atoms with E-state index >= 15 is 0 Å². The predicted octanol–water partition coefficient (Wildman–Crippen LogP) is 6.18. The zero-order valence-corrected chi connectivity index (χ0v) is 22.3. The fourth-order valence-corrected chi connectivity index (χ4v) is 5.65. The number of phenols is 1. The van der Waals surface area contributed by atoms with Crippen molar-refractivity contribution in [1.82, 2.24) is 0 Å². The van der Waals surface area contributed by atoms with E-state index in [4.69, 9.17) is 11.6 Å². The maximum Gasteiger partial charge on any atom is 0.294 e. The third-order valence-electron chi connectivity index (χ3n) is 7.09. The molecule has 200 valence electrons. The van der Waals surface area contributed by atoms with Gasteiger partial charge in [0.05, 0.1) is 23.0 Å². The average molecular weight is 564 g/mol. The number of hydrogen-bond acceptors (Lipinski definition) is 5. The molecule has 1 heterocycles. The highest BCUT2D eigenvalue weighted by Crippen LogP contribution is 2.49. The highest BCUT2D eigenvalue weighted by molar-refractivity contribution is 7.85. The van der Waals surface area contributed by atoms with Crippen LogP contribution < -0.4 is 4.90 Å². The molecule has 7 nitrogen and oxygen atoms in total. The summed E-state index contributed by atoms with van der Waals surface area (Å²) in [7, 11) is -4.31. The second-order valence-corrected chi connectivity index (χ2v) is 11.4. The summed E-state index contributed by atoms with van der Waals surface area (Å²) < 4.78 is 31.9. The third-order valence-corrected chi connectivity index (χ3v) is 8.21. The van der Waals surface area contributed by atoms with Crippen molar-refractivity contribution in [3.05, 3.63) is 113 Å². The first-order valence-corrected chi connectivity index (χ1v) is 14.2. The van der Waals surface area contributed by atoms with Gasteiger partial charge >= 0.3 is 0 Å². The van der Waals surface area contributed by atoms with E-state index in [0.717, 1.165) is 5.56 Å². The SMILES string of the molecule is O=C1[C@H](CC[C@H](O)c2ccc(Cl)cc2)[C@@H](c2ccc(-c3ccc(S(=O)(=O)O)cc3)cc2O)N1c1ccccc1. The summed E-state index contributed by atoms with van der Waals surface area (Å²) in [5.41, 5.74) is 3.30. The van der Waals surface area contributed by atoms with Crippen LogP contribution in [0.2, 0.25) is 5.02 Å². The van der Waals surface area contributed by atoms with Crippen molar-refractivity contribution in [2.24, 2.45) is 5.92 Å². The molecule has 0 unspecified atom stereocenters. The molecule has 4 aromatic carbocycles. The number of carbonyl (C=O) groups is 1. The molecular weight excluding hydrogens is 538 g/mol. The van der Waals surface area contributed by atoms with Crippen molar-refractivity contribution in [3.8, 4) is 16.9 Å². The highest BCUT2D eigenvalue weighted by atomic mass is 35.5. The van der Waals surface area contributed by atoms with E-state index < -0.39 is 28.2 Å². The van der Waals surface area contributed by atoms with Crippen molar-refractivity contribution >= 4 is 33.3 Å². The summed E-state index contributed by atoms with van der Waals surface area (Å²) in [5, 5.41) is 22.4. The van der Waals surface area contributed by atoms with Gasteiger partial charge in [0.2, 0.25) is 5.91 Å². The van der Waals surface area contributed by atoms with E-state index in [-0.39, 0.29) is 16.6 Å². The van der Waals surface area contributed by atoms with Gasteiger partial charge < -0.3 is 15.1 Å². The summed E-state index contributed by atoms with van der Waals surface area (Å²) in [6, 6.07) is 26.5. The Balaban J connectivity index is 1.42. The van der Waals surface area contributed by atoms with Crippen molar-refractivity contribution in [2.45, 2.75) is 29.9 Å². The Labute approximate surface area is 231 Å². The van der Waals surface area contributed by atoms with Crippen LogP contribution in [0.1, 0.15) is 36.1 Å². The number of benzene rings is 4. The summed E-state index contributed by atoms with van der Waals surface area (Å²) in [6.07, 6.45) is 0.00794. The van der Waals surface area contributed by atoms with Gasteiger partial charge in [-0.2, -0.15) is 8.42 Å². The van der Waals surface area contributed by atoms with Gasteiger partial charge in [-0.3, -0.25) is 9.35 Å². The van der Waals surface area contributed by atoms with Gasteiger partial charge in [0.1, 0.15) is 5.75 Å². The van der Waals surface area contributed by atoms with Crippen LogP contribution in [0.25, 0.3) is 11.1 Å². The molecule has 1 fully saturated rings. The van der Waals surface area contributed by atoms with E-state index in [2.05, 4.69) is 0 Å². The van der Waals surface area contributed by atoms with Crippen LogP contribution in [0, 0.1) is 5.92 Å². The minimum Gasteiger partial charge on any atom is -0.508 e. The zero-order valence-electron chi connectivity index (χ0n) is 20.7. The van der Waals surface area contributed by atoms with Crippen LogP contribution in [0.5, 0.6) is 5.75 Å². The molecular formula is C30H26ClNO6S. The van der Waals surface area contributed by atoms with Gasteiger partial charge in [-0.15, -0.1) is 0 Å². The van der Waals surface area contributed by atoms with Gasteiger partial charge in [-0.1, -0.05) is 66.2 Å². The van der Waals surface area contributed by atoms with Crippen molar-refractivity contribution < 1.29 is 28.0 Å². The average Bonchev–Trinajstić information content (AvgIpc) is 2.92. The number of rotatable bonds is 8. The Morgan fingerprint density at radius 2 is 1.51 bits per heavy atom. The van der Waals surface area contributed by atoms with Gasteiger partial charge in [0, 0.05) is 16.3 Å². The largest absolute Gasteiger partial charge is 0.508 e. The van der Waals surface area contributed by atoms with Crippen LogP contribution in [0.4, 0.5) is 5.69 Å². The van der Waals surface area contributed by atoms with Crippen LogP contribution in [0.3, 0.4) is 0 Å². The molecule has 1 amide bonds. The maximum absolute atomic E-state index is 13.3. The van der Waals surface area contributed by atoms with Gasteiger partial charge in [-0.05, 0) is 72.0 Å². The number of hydrogen-bond donors (Lipinski definition) is 3. The van der Waals surface area contributed by atoms with Crippen LogP contribution in [0.15, 0.2) is 102 Å². The number of nitrogens with zero attached hydrogens (tertiary/aromatic N) is 1. The minimum atomic E-state index is -4.31. The molecule has 0 bridgehead atoms. The topological polar surface area (TPSA) is 115 Å². The standard InChI is InChI=1S/C30H26ClNO6S/c31-22-11-6-20(7-12-22)27(33)17-16-26-29(32(30(26)35)23-4-2-1-3-5-23)25-15-10-21(18-28(25)34)19-8-13-24(14-9-19)39(36,37)38/h1-15,18,26-27,29,33-34H,16-17H2,(H,36,37,38)/t26-,27+,29-/m1/s1. The molecule has 39 heavy (non-hydrogen) atoms. The number of carbonyl (C=O) groups excluding carboxylic acids is 1. The Bertz CT molecular complexity index is 1590. The minimum absolute atomic E-state index is 0.00645. The second-order valence-electron chi connectivity index (χ2n) is 9.51. The van der Waals surface area contributed by atoms with Gasteiger partial charge in [-0.25, -0.2) is 0 Å². The Morgan fingerprint density at radius 1 is 0.872 bits per heavy atom. The van der Waals surface area contributed by atoms with Crippen molar-refractivity contribution in [2.75, 3.05) is 4.90 Å². The van der Waals surface area contributed by atoms with Crippen molar-refractivity contribution in [3.63, 3.8) is 0 Å². The molecule has 1 aliphatic rings. The van der Waals surface area contributed by atoms with Crippen LogP contribution in [-0.4, -0.2) is 29.1 Å². The lowest BCUT2D eigenvalue weighted by Gasteiger charge is -2.48. The number of phenolic OH excluding ortho intramolecular Hbond substituents is 1.